The average molecular weight is 460 g/mol. The van der Waals surface area contributed by atoms with Crippen molar-refractivity contribution in [1.29, 1.82) is 0 Å². The topological polar surface area (TPSA) is 78.8 Å². The fraction of sp³-hybridized carbons (Fsp3) is 0.960. The molecule has 0 aliphatic heterocycles. The molecule has 0 fully saturated rings. The number of hydrogen-bond donors (Lipinski definition) is 3. The third-order valence-corrected chi connectivity index (χ3v) is 9.68. The lowest BCUT2D eigenvalue weighted by Crippen LogP contribution is -2.46. The zero-order valence-corrected chi connectivity index (χ0v) is 21.8. The molecular weight excluding hydrogens is 406 g/mol. The van der Waals surface area contributed by atoms with Crippen molar-refractivity contribution in [1.82, 2.24) is 5.32 Å². The lowest BCUT2D eigenvalue weighted by Gasteiger charge is -2.24. The predicted octanol–water partition coefficient (Wildman–Crippen LogP) is 5.80. The van der Waals surface area contributed by atoms with E-state index in [9.17, 15) is 15.0 Å². The Morgan fingerprint density at radius 3 is 1.65 bits per heavy atom. The van der Waals surface area contributed by atoms with Gasteiger partial charge in [0.1, 0.15) is 0 Å². The molecule has 0 unspecified atom stereocenters. The molecule has 186 valence electrons. The molecule has 0 rings (SSSR count). The first kappa shape index (κ1) is 30.6. The Hall–Kier alpha value is -0.433. The molecule has 0 aromatic rings. The second kappa shape index (κ2) is 22.7. The monoisotopic (exact) mass is 459 g/mol. The molecule has 31 heavy (non-hydrogen) atoms. The fourth-order valence-corrected chi connectivity index (χ4v) is 5.76. The van der Waals surface area contributed by atoms with Gasteiger partial charge in [-0.1, -0.05) is 103 Å². The second-order valence-electron chi connectivity index (χ2n) is 9.21. The van der Waals surface area contributed by atoms with Crippen LogP contribution in [0.15, 0.2) is 0 Å². The normalized spacial score (nSPS) is 11.7. The largest absolute Gasteiger partial charge is 0.415 e. The maximum Gasteiger partial charge on any atom is 0.242 e. The Bertz CT molecular complexity index is 383. The fourth-order valence-electron chi connectivity index (χ4n) is 3.98. The Kier molecular flexibility index (Phi) is 22.4. The molecule has 0 bridgehead atoms. The van der Waals surface area contributed by atoms with E-state index < -0.39 is 8.32 Å². The maximum absolute atomic E-state index is 11.9. The zero-order chi connectivity index (χ0) is 23.0. The van der Waals surface area contributed by atoms with Crippen LogP contribution in [0.5, 0.6) is 0 Å². The molecule has 0 aliphatic rings. The van der Waals surface area contributed by atoms with E-state index in [-0.39, 0.29) is 18.4 Å². The minimum absolute atomic E-state index is 0.0186. The molecule has 0 radical (unpaired) electrons. The number of unbranched alkanes of at least 4 members (excludes halogenated alkanes) is 15. The van der Waals surface area contributed by atoms with Crippen molar-refractivity contribution in [2.24, 2.45) is 0 Å². The molecule has 5 nitrogen and oxygen atoms in total. The van der Waals surface area contributed by atoms with E-state index in [0.717, 1.165) is 44.7 Å². The molecule has 0 aliphatic carbocycles. The SMILES string of the molecule is CCCCCCCCCCCCCCCC(=O)NCCCCCC[Si](CO)(CO)OC. The van der Waals surface area contributed by atoms with Crippen molar-refractivity contribution in [2.75, 3.05) is 26.1 Å². The van der Waals surface area contributed by atoms with Crippen molar-refractivity contribution in [3.63, 3.8) is 0 Å². The predicted molar refractivity (Wildman–Crippen MR) is 134 cm³/mol. The third-order valence-electron chi connectivity index (χ3n) is 6.40. The van der Waals surface area contributed by atoms with E-state index in [4.69, 9.17) is 4.43 Å². The molecule has 3 N–H and O–H groups in total. The van der Waals surface area contributed by atoms with Crippen molar-refractivity contribution < 1.29 is 19.4 Å². The first-order valence-electron chi connectivity index (χ1n) is 13.2. The molecule has 0 saturated heterocycles. The van der Waals surface area contributed by atoms with Gasteiger partial charge in [0.25, 0.3) is 0 Å². The van der Waals surface area contributed by atoms with Crippen LogP contribution in [0.25, 0.3) is 0 Å². The zero-order valence-electron chi connectivity index (χ0n) is 20.8. The van der Waals surface area contributed by atoms with E-state index in [1.807, 2.05) is 0 Å². The number of aliphatic hydroxyl groups is 2. The van der Waals surface area contributed by atoms with Crippen molar-refractivity contribution in [3.05, 3.63) is 0 Å². The van der Waals surface area contributed by atoms with Crippen LogP contribution < -0.4 is 5.32 Å². The molecule has 0 saturated carbocycles. The lowest BCUT2D eigenvalue weighted by molar-refractivity contribution is -0.121. The van der Waals surface area contributed by atoms with E-state index in [1.54, 1.807) is 7.11 Å². The van der Waals surface area contributed by atoms with E-state index in [2.05, 4.69) is 12.2 Å². The van der Waals surface area contributed by atoms with Gasteiger partial charge in [-0.25, -0.2) is 0 Å². The Morgan fingerprint density at radius 2 is 1.16 bits per heavy atom. The summed E-state index contributed by atoms with van der Waals surface area (Å²) in [6, 6.07) is 0.794. The quantitative estimate of drug-likeness (QED) is 0.126. The highest BCUT2D eigenvalue weighted by molar-refractivity contribution is 6.73. The Morgan fingerprint density at radius 1 is 0.710 bits per heavy atom. The molecule has 1 amide bonds. The minimum atomic E-state index is -2.30. The van der Waals surface area contributed by atoms with Crippen molar-refractivity contribution >= 4 is 14.2 Å². The summed E-state index contributed by atoms with van der Waals surface area (Å²) in [6.45, 7) is 3.02. The first-order valence-corrected chi connectivity index (χ1v) is 15.7. The number of amides is 1. The molecule has 0 atom stereocenters. The number of nitrogens with one attached hydrogen (secondary N) is 1. The van der Waals surface area contributed by atoms with E-state index >= 15 is 0 Å². The number of carbonyl (C=O) groups is 1. The molecule has 0 aromatic heterocycles. The number of aliphatic hydroxyl groups excluding tert-OH is 2. The van der Waals surface area contributed by atoms with Gasteiger partial charge in [-0.3, -0.25) is 4.79 Å². The van der Waals surface area contributed by atoms with Crippen molar-refractivity contribution in [3.8, 4) is 0 Å². The van der Waals surface area contributed by atoms with Crippen LogP contribution >= 0.6 is 0 Å². The molecule has 0 heterocycles. The summed E-state index contributed by atoms with van der Waals surface area (Å²) in [5, 5.41) is 21.8. The molecular formula is C25H53NO4Si. The Labute approximate surface area is 193 Å². The number of rotatable bonds is 24. The third kappa shape index (κ3) is 18.8. The van der Waals surface area contributed by atoms with Crippen LogP contribution in [0.2, 0.25) is 6.04 Å². The van der Waals surface area contributed by atoms with Gasteiger partial charge in [0.15, 0.2) is 0 Å². The van der Waals surface area contributed by atoms with E-state index in [0.29, 0.717) is 6.42 Å². The highest BCUT2D eigenvalue weighted by Gasteiger charge is 2.31. The van der Waals surface area contributed by atoms with Gasteiger partial charge in [-0.15, -0.1) is 0 Å². The van der Waals surface area contributed by atoms with Gasteiger partial charge in [0.2, 0.25) is 14.2 Å². The van der Waals surface area contributed by atoms with Crippen LogP contribution in [0.4, 0.5) is 0 Å². The molecule has 6 heteroatoms. The minimum Gasteiger partial charge on any atom is -0.415 e. The van der Waals surface area contributed by atoms with Crippen LogP contribution in [-0.2, 0) is 9.22 Å². The van der Waals surface area contributed by atoms with Gasteiger partial charge in [-0.05, 0) is 18.9 Å². The van der Waals surface area contributed by atoms with Gasteiger partial charge in [-0.2, -0.15) is 0 Å². The van der Waals surface area contributed by atoms with E-state index in [1.165, 1.54) is 77.0 Å². The van der Waals surface area contributed by atoms with Gasteiger partial charge >= 0.3 is 0 Å². The lowest BCUT2D eigenvalue weighted by atomic mass is 10.0. The summed E-state index contributed by atoms with van der Waals surface area (Å²) in [6.07, 6.45) is 22.0. The maximum atomic E-state index is 11.9. The van der Waals surface area contributed by atoms with Crippen LogP contribution in [0.1, 0.15) is 122 Å². The highest BCUT2D eigenvalue weighted by Crippen LogP contribution is 2.15. The Balaban J connectivity index is 3.33. The first-order chi connectivity index (χ1) is 15.1. The van der Waals surface area contributed by atoms with Gasteiger partial charge in [0.05, 0.1) is 12.5 Å². The number of carbonyl (C=O) groups excluding carboxylic acids is 1. The van der Waals surface area contributed by atoms with Crippen LogP contribution in [0.3, 0.4) is 0 Å². The molecule has 0 aromatic carbocycles. The summed E-state index contributed by atoms with van der Waals surface area (Å²) in [7, 11) is -0.713. The highest BCUT2D eigenvalue weighted by atomic mass is 28.4. The average Bonchev–Trinajstić information content (AvgIpc) is 2.79. The van der Waals surface area contributed by atoms with Crippen molar-refractivity contribution in [2.45, 2.75) is 129 Å². The summed E-state index contributed by atoms with van der Waals surface area (Å²) in [4.78, 5) is 11.9. The molecule has 0 spiro atoms. The summed E-state index contributed by atoms with van der Waals surface area (Å²) in [5.41, 5.74) is 0. The number of hydrogen-bond acceptors (Lipinski definition) is 4. The van der Waals surface area contributed by atoms with Gasteiger partial charge in [0, 0.05) is 20.1 Å². The smallest absolute Gasteiger partial charge is 0.242 e. The second-order valence-corrected chi connectivity index (χ2v) is 13.1. The standard InChI is InChI=1S/C25H53NO4Si/c1-3-4-5-6-7-8-9-10-11-12-13-14-17-20-25(29)26-21-18-15-16-19-22-31(23-27,24-28)30-2/h27-28H,3-24H2,1-2H3,(H,26,29). The van der Waals surface area contributed by atoms with Crippen LogP contribution in [0, 0.1) is 0 Å². The van der Waals surface area contributed by atoms with Gasteiger partial charge < -0.3 is 20.0 Å². The summed E-state index contributed by atoms with van der Waals surface area (Å²) >= 11 is 0. The summed E-state index contributed by atoms with van der Waals surface area (Å²) in [5.74, 6) is 0.189. The summed E-state index contributed by atoms with van der Waals surface area (Å²) < 4.78 is 5.38. The van der Waals surface area contributed by atoms with Crippen LogP contribution in [-0.4, -0.2) is 50.6 Å².